The predicted molar refractivity (Wildman–Crippen MR) is 47.0 cm³/mol. The lowest BCUT2D eigenvalue weighted by atomic mass is 10.1. The van der Waals surface area contributed by atoms with Crippen molar-refractivity contribution in [1.82, 2.24) is 0 Å². The van der Waals surface area contributed by atoms with Gasteiger partial charge in [-0.2, -0.15) is 0 Å². The van der Waals surface area contributed by atoms with E-state index in [2.05, 4.69) is 13.8 Å². The second-order valence-electron chi connectivity index (χ2n) is 3.02. The fourth-order valence-electron chi connectivity index (χ4n) is 1.04. The Morgan fingerprint density at radius 2 is 1.80 bits per heavy atom. The lowest BCUT2D eigenvalue weighted by Crippen LogP contribution is -2.17. The number of nitrogens with two attached hydrogens (primary N) is 1. The summed E-state index contributed by atoms with van der Waals surface area (Å²) < 4.78 is 0. The molecule has 2 N–H and O–H groups in total. The summed E-state index contributed by atoms with van der Waals surface area (Å²) in [5, 5.41) is 0. The average Bonchev–Trinajstić information content (AvgIpc) is 1.98. The minimum atomic E-state index is 0.455. The van der Waals surface area contributed by atoms with Crippen LogP contribution in [-0.2, 0) is 0 Å². The fourth-order valence-corrected chi connectivity index (χ4v) is 1.04. The van der Waals surface area contributed by atoms with Crippen molar-refractivity contribution in [2.45, 2.75) is 58.4 Å². The summed E-state index contributed by atoms with van der Waals surface area (Å²) in [5.74, 6) is 0. The summed E-state index contributed by atoms with van der Waals surface area (Å²) >= 11 is 0. The highest BCUT2D eigenvalue weighted by Gasteiger charge is 1.96. The van der Waals surface area contributed by atoms with Crippen molar-refractivity contribution in [3.8, 4) is 0 Å². The maximum absolute atomic E-state index is 5.76. The molecule has 1 nitrogen and oxygen atoms in total. The Morgan fingerprint density at radius 3 is 2.30 bits per heavy atom. The third-order valence-corrected chi connectivity index (χ3v) is 1.95. The van der Waals surface area contributed by atoms with Crippen LogP contribution in [-0.4, -0.2) is 6.04 Å². The van der Waals surface area contributed by atoms with Crippen LogP contribution in [0.25, 0.3) is 0 Å². The lowest BCUT2D eigenvalue weighted by Gasteiger charge is -2.06. The van der Waals surface area contributed by atoms with Crippen molar-refractivity contribution in [3.63, 3.8) is 0 Å². The predicted octanol–water partition coefficient (Wildman–Crippen LogP) is 2.69. The van der Waals surface area contributed by atoms with E-state index < -0.39 is 0 Å². The molecule has 0 aromatic heterocycles. The molecule has 0 radical (unpaired) electrons. The zero-order chi connectivity index (χ0) is 7.82. The molecule has 0 fully saturated rings. The number of unbranched alkanes of at least 4 members (excludes halogenated alkanes) is 3. The molecule has 0 saturated carbocycles. The van der Waals surface area contributed by atoms with Crippen LogP contribution in [0.1, 0.15) is 52.4 Å². The van der Waals surface area contributed by atoms with Crippen molar-refractivity contribution in [3.05, 3.63) is 0 Å². The Kier molecular flexibility index (Phi) is 7.04. The van der Waals surface area contributed by atoms with Gasteiger partial charge in [-0.1, -0.05) is 39.5 Å². The van der Waals surface area contributed by atoms with Crippen molar-refractivity contribution >= 4 is 0 Å². The summed E-state index contributed by atoms with van der Waals surface area (Å²) in [7, 11) is 0. The smallest absolute Gasteiger partial charge is 0.00362 e. The highest BCUT2D eigenvalue weighted by atomic mass is 14.6. The van der Waals surface area contributed by atoms with Crippen LogP contribution in [0.3, 0.4) is 0 Å². The molecule has 0 bridgehead atoms. The molecule has 1 heteroatoms. The van der Waals surface area contributed by atoms with E-state index in [9.17, 15) is 0 Å². The zero-order valence-electron chi connectivity index (χ0n) is 7.40. The molecule has 62 valence electrons. The largest absolute Gasteiger partial charge is 0.328 e. The average molecular weight is 143 g/mol. The second-order valence-corrected chi connectivity index (χ2v) is 3.02. The van der Waals surface area contributed by atoms with Gasteiger partial charge in [0, 0.05) is 6.04 Å². The number of rotatable bonds is 6. The van der Waals surface area contributed by atoms with Gasteiger partial charge in [-0.15, -0.1) is 0 Å². The first-order valence-electron chi connectivity index (χ1n) is 4.56. The van der Waals surface area contributed by atoms with Crippen LogP contribution in [0.2, 0.25) is 0 Å². The minimum Gasteiger partial charge on any atom is -0.328 e. The first-order valence-corrected chi connectivity index (χ1v) is 4.56. The number of hydrogen-bond acceptors (Lipinski definition) is 1. The van der Waals surface area contributed by atoms with E-state index in [4.69, 9.17) is 5.73 Å². The van der Waals surface area contributed by atoms with E-state index in [1.807, 2.05) is 0 Å². The van der Waals surface area contributed by atoms with Gasteiger partial charge in [-0.05, 0) is 12.8 Å². The standard InChI is InChI=1S/C9H21N/c1-3-5-6-7-8-9(10)4-2/h9H,3-8,10H2,1-2H3. The topological polar surface area (TPSA) is 26.0 Å². The molecule has 0 spiro atoms. The summed E-state index contributed by atoms with van der Waals surface area (Å²) in [6.07, 6.45) is 7.73. The molecular formula is C9H21N. The molecule has 0 aliphatic heterocycles. The third-order valence-electron chi connectivity index (χ3n) is 1.95. The molecule has 0 aliphatic rings. The van der Waals surface area contributed by atoms with Gasteiger partial charge < -0.3 is 5.73 Å². The highest BCUT2D eigenvalue weighted by molar-refractivity contribution is 4.57. The van der Waals surface area contributed by atoms with Crippen molar-refractivity contribution in [1.29, 1.82) is 0 Å². The SMILES string of the molecule is CCCCCCC(N)CC. The molecule has 0 amide bonds. The van der Waals surface area contributed by atoms with Gasteiger partial charge in [0.2, 0.25) is 0 Å². The van der Waals surface area contributed by atoms with Gasteiger partial charge in [0.15, 0.2) is 0 Å². The summed E-state index contributed by atoms with van der Waals surface area (Å²) in [4.78, 5) is 0. The molecule has 0 aromatic carbocycles. The van der Waals surface area contributed by atoms with E-state index in [0.717, 1.165) is 6.42 Å². The van der Waals surface area contributed by atoms with Gasteiger partial charge in [-0.3, -0.25) is 0 Å². The molecule has 10 heavy (non-hydrogen) atoms. The highest BCUT2D eigenvalue weighted by Crippen LogP contribution is 2.05. The van der Waals surface area contributed by atoms with Crippen LogP contribution < -0.4 is 5.73 Å². The minimum absolute atomic E-state index is 0.455. The molecule has 0 saturated heterocycles. The molecule has 0 aromatic rings. The maximum Gasteiger partial charge on any atom is 0.00362 e. The van der Waals surface area contributed by atoms with Crippen LogP contribution >= 0.6 is 0 Å². The van der Waals surface area contributed by atoms with Gasteiger partial charge in [0.25, 0.3) is 0 Å². The Balaban J connectivity index is 2.89. The zero-order valence-corrected chi connectivity index (χ0v) is 7.40. The van der Waals surface area contributed by atoms with E-state index in [-0.39, 0.29) is 0 Å². The van der Waals surface area contributed by atoms with E-state index in [1.165, 1.54) is 32.1 Å². The van der Waals surface area contributed by atoms with E-state index in [1.54, 1.807) is 0 Å². The lowest BCUT2D eigenvalue weighted by molar-refractivity contribution is 0.537. The summed E-state index contributed by atoms with van der Waals surface area (Å²) in [5.41, 5.74) is 5.76. The Hall–Kier alpha value is -0.0400. The van der Waals surface area contributed by atoms with Gasteiger partial charge in [0.05, 0.1) is 0 Å². The molecule has 0 aliphatic carbocycles. The summed E-state index contributed by atoms with van der Waals surface area (Å²) in [6.45, 7) is 4.39. The van der Waals surface area contributed by atoms with Gasteiger partial charge in [-0.25, -0.2) is 0 Å². The third kappa shape index (κ3) is 6.09. The quantitative estimate of drug-likeness (QED) is 0.568. The molecular weight excluding hydrogens is 122 g/mol. The fraction of sp³-hybridized carbons (Fsp3) is 1.00. The first kappa shape index (κ1) is 9.96. The van der Waals surface area contributed by atoms with Crippen molar-refractivity contribution in [2.75, 3.05) is 0 Å². The Labute approximate surface area is 65.0 Å². The summed E-state index contributed by atoms with van der Waals surface area (Å²) in [6, 6.07) is 0.455. The van der Waals surface area contributed by atoms with Crippen molar-refractivity contribution in [2.24, 2.45) is 5.73 Å². The van der Waals surface area contributed by atoms with Gasteiger partial charge >= 0.3 is 0 Å². The van der Waals surface area contributed by atoms with Gasteiger partial charge in [0.1, 0.15) is 0 Å². The molecule has 1 unspecified atom stereocenters. The maximum atomic E-state index is 5.76. The molecule has 1 atom stereocenters. The molecule has 0 rings (SSSR count). The molecule has 0 heterocycles. The normalized spacial score (nSPS) is 13.5. The number of hydrogen-bond donors (Lipinski definition) is 1. The monoisotopic (exact) mass is 143 g/mol. The Morgan fingerprint density at radius 1 is 1.10 bits per heavy atom. The van der Waals surface area contributed by atoms with Crippen molar-refractivity contribution < 1.29 is 0 Å². The van der Waals surface area contributed by atoms with Crippen LogP contribution in [0.4, 0.5) is 0 Å². The van der Waals surface area contributed by atoms with Crippen LogP contribution in [0.5, 0.6) is 0 Å². The Bertz CT molecular complexity index is 61.7. The van der Waals surface area contributed by atoms with E-state index >= 15 is 0 Å². The van der Waals surface area contributed by atoms with Crippen LogP contribution in [0, 0.1) is 0 Å². The second kappa shape index (κ2) is 7.07. The van der Waals surface area contributed by atoms with E-state index in [0.29, 0.717) is 6.04 Å². The van der Waals surface area contributed by atoms with Crippen LogP contribution in [0.15, 0.2) is 0 Å². The first-order chi connectivity index (χ1) is 4.81.